The van der Waals surface area contributed by atoms with E-state index in [1.807, 2.05) is 59.2 Å². The molecular weight excluding hydrogens is 388 g/mol. The number of aliphatic hydroxyl groups excluding tert-OH is 1. The highest BCUT2D eigenvalue weighted by Crippen LogP contribution is 2.26. The van der Waals surface area contributed by atoms with Crippen molar-refractivity contribution in [2.75, 3.05) is 0 Å². The molecule has 0 amide bonds. The van der Waals surface area contributed by atoms with Crippen molar-refractivity contribution in [3.8, 4) is 11.1 Å². The Hall–Kier alpha value is -2.89. The number of carboxylic acids is 1. The fraction of sp³-hybridized carbons (Fsp3) is 0.217. The molecule has 1 heterocycles. The number of allylic oxidation sites excluding steroid dienone is 1. The van der Waals surface area contributed by atoms with Crippen LogP contribution >= 0.6 is 11.6 Å². The lowest BCUT2D eigenvalue weighted by atomic mass is 9.97. The Morgan fingerprint density at radius 2 is 1.97 bits per heavy atom. The normalized spacial score (nSPS) is 11.3. The van der Waals surface area contributed by atoms with Gasteiger partial charge in [-0.1, -0.05) is 73.5 Å². The Morgan fingerprint density at radius 3 is 2.62 bits per heavy atom. The van der Waals surface area contributed by atoms with E-state index in [1.54, 1.807) is 6.07 Å². The Morgan fingerprint density at radius 1 is 1.21 bits per heavy atom. The third-order valence-corrected chi connectivity index (χ3v) is 4.97. The van der Waals surface area contributed by atoms with Gasteiger partial charge in [-0.15, -0.1) is 0 Å². The summed E-state index contributed by atoms with van der Waals surface area (Å²) in [7, 11) is 0. The fourth-order valence-electron chi connectivity index (χ4n) is 3.20. The lowest BCUT2D eigenvalue weighted by Crippen LogP contribution is -2.08. The van der Waals surface area contributed by atoms with Crippen molar-refractivity contribution in [3.05, 3.63) is 82.4 Å². The topological polar surface area (TPSA) is 75.4 Å². The summed E-state index contributed by atoms with van der Waals surface area (Å²) in [5, 5.41) is 19.7. The molecule has 0 aliphatic carbocycles. The van der Waals surface area contributed by atoms with Crippen LogP contribution in [0.15, 0.2) is 54.6 Å². The molecule has 0 bridgehead atoms. The standard InChI is InChI=1S/C23H23ClN2O3/c1-2-3-5-10-21-25-22(24)20(15-27)26(21)14-16-11-12-18(19(13-16)23(28)29)17-8-6-4-7-9-17/h4-13,27H,2-3,14-15H2,1H3,(H,28,29)/b10-5-. The summed E-state index contributed by atoms with van der Waals surface area (Å²) in [4.78, 5) is 16.2. The van der Waals surface area contributed by atoms with Crippen LogP contribution in [-0.4, -0.2) is 25.7 Å². The number of aromatic carboxylic acids is 1. The van der Waals surface area contributed by atoms with Gasteiger partial charge in [0.15, 0.2) is 5.15 Å². The molecule has 5 nitrogen and oxygen atoms in total. The lowest BCUT2D eigenvalue weighted by molar-refractivity contribution is 0.0697. The van der Waals surface area contributed by atoms with E-state index in [2.05, 4.69) is 11.9 Å². The number of benzene rings is 2. The van der Waals surface area contributed by atoms with E-state index in [9.17, 15) is 15.0 Å². The minimum Gasteiger partial charge on any atom is -0.478 e. The number of hydrogen-bond donors (Lipinski definition) is 2. The van der Waals surface area contributed by atoms with Crippen LogP contribution in [0.1, 0.15) is 47.2 Å². The Labute approximate surface area is 174 Å². The zero-order chi connectivity index (χ0) is 20.8. The number of carboxylic acid groups (broad SMARTS) is 1. The lowest BCUT2D eigenvalue weighted by Gasteiger charge is -2.12. The van der Waals surface area contributed by atoms with Crippen molar-refractivity contribution in [1.82, 2.24) is 9.55 Å². The van der Waals surface area contributed by atoms with Crippen molar-refractivity contribution in [3.63, 3.8) is 0 Å². The van der Waals surface area contributed by atoms with Crippen molar-refractivity contribution in [2.24, 2.45) is 0 Å². The van der Waals surface area contributed by atoms with E-state index in [-0.39, 0.29) is 17.3 Å². The molecule has 0 aliphatic rings. The number of unbranched alkanes of at least 4 members (excludes halogenated alkanes) is 1. The summed E-state index contributed by atoms with van der Waals surface area (Å²) < 4.78 is 1.82. The predicted octanol–water partition coefficient (Wildman–Crippen LogP) is 5.26. The van der Waals surface area contributed by atoms with Gasteiger partial charge >= 0.3 is 5.97 Å². The van der Waals surface area contributed by atoms with Gasteiger partial charge in [0, 0.05) is 6.54 Å². The number of carbonyl (C=O) groups is 1. The minimum absolute atomic E-state index is 0.230. The zero-order valence-corrected chi connectivity index (χ0v) is 16.9. The van der Waals surface area contributed by atoms with Crippen molar-refractivity contribution < 1.29 is 15.0 Å². The molecule has 3 aromatic rings. The monoisotopic (exact) mass is 410 g/mol. The van der Waals surface area contributed by atoms with Gasteiger partial charge in [-0.05, 0) is 35.3 Å². The number of aliphatic hydroxyl groups is 1. The van der Waals surface area contributed by atoms with Gasteiger partial charge in [-0.3, -0.25) is 0 Å². The Balaban J connectivity index is 2.01. The summed E-state index contributed by atoms with van der Waals surface area (Å²) >= 11 is 6.20. The van der Waals surface area contributed by atoms with Gasteiger partial charge in [0.2, 0.25) is 0 Å². The highest BCUT2D eigenvalue weighted by Gasteiger charge is 2.16. The maximum Gasteiger partial charge on any atom is 0.336 e. The highest BCUT2D eigenvalue weighted by molar-refractivity contribution is 6.30. The number of halogens is 1. The predicted molar refractivity (Wildman–Crippen MR) is 115 cm³/mol. The maximum absolute atomic E-state index is 11.9. The molecule has 6 heteroatoms. The van der Waals surface area contributed by atoms with E-state index in [0.717, 1.165) is 24.0 Å². The van der Waals surface area contributed by atoms with Crippen LogP contribution in [0.25, 0.3) is 17.2 Å². The van der Waals surface area contributed by atoms with E-state index >= 15 is 0 Å². The molecule has 0 saturated carbocycles. The molecule has 3 rings (SSSR count). The quantitative estimate of drug-likeness (QED) is 0.531. The van der Waals surface area contributed by atoms with Crippen molar-refractivity contribution >= 4 is 23.6 Å². The number of imidazole rings is 1. The number of aromatic nitrogens is 2. The van der Waals surface area contributed by atoms with E-state index < -0.39 is 5.97 Å². The van der Waals surface area contributed by atoms with Crippen LogP contribution < -0.4 is 0 Å². The Kier molecular flexibility index (Phi) is 6.86. The molecule has 0 atom stereocenters. The van der Waals surface area contributed by atoms with Crippen LogP contribution in [0.4, 0.5) is 0 Å². The van der Waals surface area contributed by atoms with Gasteiger partial charge < -0.3 is 14.8 Å². The summed E-state index contributed by atoms with van der Waals surface area (Å²) in [5.74, 6) is -0.351. The molecule has 0 aliphatic heterocycles. The van der Waals surface area contributed by atoms with Crippen LogP contribution in [0.5, 0.6) is 0 Å². The molecular formula is C23H23ClN2O3. The number of rotatable bonds is 8. The maximum atomic E-state index is 11.9. The van der Waals surface area contributed by atoms with Gasteiger partial charge in [0.25, 0.3) is 0 Å². The van der Waals surface area contributed by atoms with Crippen molar-refractivity contribution in [2.45, 2.75) is 32.9 Å². The van der Waals surface area contributed by atoms with Crippen LogP contribution in [0.3, 0.4) is 0 Å². The fourth-order valence-corrected chi connectivity index (χ4v) is 3.45. The van der Waals surface area contributed by atoms with E-state index in [4.69, 9.17) is 11.6 Å². The average Bonchev–Trinajstić information content (AvgIpc) is 3.02. The van der Waals surface area contributed by atoms with Gasteiger partial charge in [-0.25, -0.2) is 9.78 Å². The van der Waals surface area contributed by atoms with E-state index in [1.165, 1.54) is 0 Å². The molecule has 29 heavy (non-hydrogen) atoms. The first-order valence-electron chi connectivity index (χ1n) is 9.49. The molecule has 0 radical (unpaired) electrons. The molecule has 2 N–H and O–H groups in total. The first kappa shape index (κ1) is 20.8. The second-order valence-electron chi connectivity index (χ2n) is 6.69. The van der Waals surface area contributed by atoms with Gasteiger partial charge in [0.1, 0.15) is 5.82 Å². The molecule has 150 valence electrons. The number of hydrogen-bond acceptors (Lipinski definition) is 3. The molecule has 1 aromatic heterocycles. The summed E-state index contributed by atoms with van der Waals surface area (Å²) in [6, 6.07) is 14.8. The molecule has 2 aromatic carbocycles. The smallest absolute Gasteiger partial charge is 0.336 e. The number of nitrogens with zero attached hydrogens (tertiary/aromatic N) is 2. The summed E-state index contributed by atoms with van der Waals surface area (Å²) in [5.41, 5.74) is 3.04. The molecule has 0 spiro atoms. The first-order chi connectivity index (χ1) is 14.0. The van der Waals surface area contributed by atoms with Crippen LogP contribution in [0.2, 0.25) is 5.15 Å². The third-order valence-electron chi connectivity index (χ3n) is 4.67. The second kappa shape index (κ2) is 9.54. The summed E-state index contributed by atoms with van der Waals surface area (Å²) in [6.07, 6.45) is 5.82. The molecule has 0 unspecified atom stereocenters. The minimum atomic E-state index is -0.986. The van der Waals surface area contributed by atoms with Gasteiger partial charge in [-0.2, -0.15) is 0 Å². The molecule has 0 saturated heterocycles. The van der Waals surface area contributed by atoms with Crippen LogP contribution in [-0.2, 0) is 13.2 Å². The SMILES string of the molecule is CCC/C=C\c1nc(Cl)c(CO)n1Cc1ccc(-c2ccccc2)c(C(=O)O)c1. The zero-order valence-electron chi connectivity index (χ0n) is 16.2. The first-order valence-corrected chi connectivity index (χ1v) is 9.86. The third kappa shape index (κ3) is 4.75. The molecule has 0 fully saturated rings. The van der Waals surface area contributed by atoms with Crippen LogP contribution in [0, 0.1) is 0 Å². The second-order valence-corrected chi connectivity index (χ2v) is 7.05. The Bertz CT molecular complexity index is 1030. The largest absolute Gasteiger partial charge is 0.478 e. The summed E-state index contributed by atoms with van der Waals surface area (Å²) in [6.45, 7) is 2.20. The average molecular weight is 411 g/mol. The van der Waals surface area contributed by atoms with E-state index in [0.29, 0.717) is 23.6 Å². The van der Waals surface area contributed by atoms with Gasteiger partial charge in [0.05, 0.1) is 17.9 Å². The highest BCUT2D eigenvalue weighted by atomic mass is 35.5. The van der Waals surface area contributed by atoms with Crippen molar-refractivity contribution in [1.29, 1.82) is 0 Å².